The van der Waals surface area contributed by atoms with Crippen molar-refractivity contribution in [1.29, 1.82) is 0 Å². The molecule has 1 aromatic carbocycles. The molecule has 3 rings (SSSR count). The summed E-state index contributed by atoms with van der Waals surface area (Å²) in [5.74, 6) is 0.311. The minimum absolute atomic E-state index is 0.149. The van der Waals surface area contributed by atoms with Gasteiger partial charge in [0.05, 0.1) is 29.3 Å². The van der Waals surface area contributed by atoms with Crippen LogP contribution < -0.4 is 4.74 Å². The van der Waals surface area contributed by atoms with Crippen molar-refractivity contribution in [2.45, 2.75) is 32.2 Å². The van der Waals surface area contributed by atoms with Gasteiger partial charge in [-0.2, -0.15) is 0 Å². The van der Waals surface area contributed by atoms with Gasteiger partial charge in [0.25, 0.3) is 5.91 Å². The highest BCUT2D eigenvalue weighted by molar-refractivity contribution is 6.36. The predicted octanol–water partition coefficient (Wildman–Crippen LogP) is 3.46. The first-order valence-corrected chi connectivity index (χ1v) is 8.12. The number of carboxylic acid groups (broad SMARTS) is 1. The largest absolute Gasteiger partial charge is 0.511 e. The van der Waals surface area contributed by atoms with Crippen LogP contribution in [0.15, 0.2) is 17.9 Å². The first kappa shape index (κ1) is 16.6. The minimum Gasteiger partial charge on any atom is -0.496 e. The number of hydrogen-bond donors (Lipinski definition) is 1. The average Bonchev–Trinajstić information content (AvgIpc) is 2.79. The Bertz CT molecular complexity index is 743. The Labute approximate surface area is 144 Å². The molecule has 1 atom stereocenters. The van der Waals surface area contributed by atoms with Crippen LogP contribution in [0.5, 0.6) is 5.75 Å². The molecule has 0 aliphatic carbocycles. The van der Waals surface area contributed by atoms with Gasteiger partial charge in [0, 0.05) is 6.54 Å². The van der Waals surface area contributed by atoms with Crippen LogP contribution >= 0.6 is 11.6 Å². The van der Waals surface area contributed by atoms with Gasteiger partial charge in [-0.05, 0) is 43.9 Å². The lowest BCUT2D eigenvalue weighted by Crippen LogP contribution is -2.39. The number of aryl methyl sites for hydroxylation is 1. The van der Waals surface area contributed by atoms with E-state index < -0.39 is 6.16 Å². The molecule has 1 saturated heterocycles. The van der Waals surface area contributed by atoms with Crippen molar-refractivity contribution in [3.63, 3.8) is 0 Å². The molecule has 1 aromatic rings. The molecule has 1 N–H and O–H groups in total. The molecule has 0 saturated carbocycles. The van der Waals surface area contributed by atoms with Crippen molar-refractivity contribution < 1.29 is 24.2 Å². The zero-order chi connectivity index (χ0) is 17.4. The maximum atomic E-state index is 12.9. The highest BCUT2D eigenvalue weighted by Gasteiger charge is 2.44. The molecule has 128 valence electrons. The standard InChI is InChI=1S/C17H18ClNO5/c1-9-7-10(18)13(12(8-9)23-2)14-15(24-17(21)22)11-5-3-4-6-19(11)16(14)20/h7-8,11H,3-6H2,1-2H3,(H,21,22). The molecule has 2 aliphatic rings. The number of hydrogen-bond acceptors (Lipinski definition) is 4. The third kappa shape index (κ3) is 2.71. The van der Waals surface area contributed by atoms with Crippen molar-refractivity contribution in [3.8, 4) is 5.75 Å². The first-order valence-electron chi connectivity index (χ1n) is 7.74. The summed E-state index contributed by atoms with van der Waals surface area (Å²) in [7, 11) is 1.49. The Morgan fingerprint density at radius 1 is 1.38 bits per heavy atom. The van der Waals surface area contributed by atoms with Gasteiger partial charge >= 0.3 is 6.16 Å². The van der Waals surface area contributed by atoms with Gasteiger partial charge in [0.1, 0.15) is 11.5 Å². The van der Waals surface area contributed by atoms with Crippen LogP contribution in [0, 0.1) is 6.92 Å². The maximum Gasteiger partial charge on any atom is 0.511 e. The Balaban J connectivity index is 2.21. The van der Waals surface area contributed by atoms with Crippen LogP contribution in [0.25, 0.3) is 5.57 Å². The van der Waals surface area contributed by atoms with Crippen LogP contribution in [0.3, 0.4) is 0 Å². The van der Waals surface area contributed by atoms with Gasteiger partial charge in [0.15, 0.2) is 0 Å². The van der Waals surface area contributed by atoms with Gasteiger partial charge in [-0.3, -0.25) is 4.79 Å². The van der Waals surface area contributed by atoms with E-state index in [-0.39, 0.29) is 23.3 Å². The Morgan fingerprint density at radius 2 is 2.12 bits per heavy atom. The Morgan fingerprint density at radius 3 is 2.79 bits per heavy atom. The highest BCUT2D eigenvalue weighted by Crippen LogP contribution is 2.44. The molecule has 0 aromatic heterocycles. The van der Waals surface area contributed by atoms with E-state index in [1.54, 1.807) is 17.0 Å². The molecule has 0 bridgehead atoms. The van der Waals surface area contributed by atoms with Gasteiger partial charge in [-0.1, -0.05) is 11.6 Å². The van der Waals surface area contributed by atoms with Crippen LogP contribution in [0.4, 0.5) is 4.79 Å². The fraction of sp³-hybridized carbons (Fsp3) is 0.412. The SMILES string of the molecule is COc1cc(C)cc(Cl)c1C1=C(OC(=O)O)C2CCCCN2C1=O. The third-order valence-corrected chi connectivity index (χ3v) is 4.69. The monoisotopic (exact) mass is 351 g/mol. The number of ether oxygens (including phenoxy) is 2. The number of amides is 1. The number of nitrogens with zero attached hydrogens (tertiary/aromatic N) is 1. The minimum atomic E-state index is -1.44. The Kier molecular flexibility index (Phi) is 4.41. The Hall–Kier alpha value is -2.21. The predicted molar refractivity (Wildman–Crippen MR) is 88.1 cm³/mol. The second kappa shape index (κ2) is 6.36. The number of carbonyl (C=O) groups is 2. The second-order valence-corrected chi connectivity index (χ2v) is 6.35. The number of methoxy groups -OCH3 is 1. The van der Waals surface area contributed by atoms with Crippen molar-refractivity contribution in [2.24, 2.45) is 0 Å². The van der Waals surface area contributed by atoms with E-state index in [0.717, 1.165) is 18.4 Å². The van der Waals surface area contributed by atoms with Crippen molar-refractivity contribution in [3.05, 3.63) is 34.0 Å². The van der Waals surface area contributed by atoms with E-state index in [4.69, 9.17) is 26.2 Å². The number of halogens is 1. The smallest absolute Gasteiger partial charge is 0.496 e. The molecular weight excluding hydrogens is 334 g/mol. The van der Waals surface area contributed by atoms with Crippen LogP contribution in [-0.2, 0) is 9.53 Å². The van der Waals surface area contributed by atoms with Crippen molar-refractivity contribution in [2.75, 3.05) is 13.7 Å². The van der Waals surface area contributed by atoms with Crippen LogP contribution in [-0.4, -0.2) is 41.8 Å². The van der Waals surface area contributed by atoms with Crippen LogP contribution in [0.2, 0.25) is 5.02 Å². The maximum absolute atomic E-state index is 12.9. The highest BCUT2D eigenvalue weighted by atomic mass is 35.5. The van der Waals surface area contributed by atoms with Gasteiger partial charge in [-0.25, -0.2) is 4.79 Å². The molecule has 1 unspecified atom stereocenters. The molecule has 1 fully saturated rings. The van der Waals surface area contributed by atoms with Crippen LogP contribution in [0.1, 0.15) is 30.4 Å². The molecular formula is C17H18ClNO5. The average molecular weight is 352 g/mol. The molecule has 0 spiro atoms. The number of carbonyl (C=O) groups excluding carboxylic acids is 1. The van der Waals surface area contributed by atoms with Crippen molar-refractivity contribution >= 4 is 29.2 Å². The number of rotatable bonds is 3. The topological polar surface area (TPSA) is 76.1 Å². The fourth-order valence-corrected chi connectivity index (χ4v) is 3.78. The quantitative estimate of drug-likeness (QED) is 0.844. The van der Waals surface area contributed by atoms with E-state index in [1.165, 1.54) is 7.11 Å². The van der Waals surface area contributed by atoms with E-state index in [1.807, 2.05) is 6.92 Å². The molecule has 2 heterocycles. The number of piperidine rings is 1. The molecule has 24 heavy (non-hydrogen) atoms. The normalized spacial score (nSPS) is 20.2. The molecule has 2 aliphatic heterocycles. The van der Waals surface area contributed by atoms with E-state index in [2.05, 4.69) is 0 Å². The lowest BCUT2D eigenvalue weighted by atomic mass is 9.99. The summed E-state index contributed by atoms with van der Waals surface area (Å²) in [5.41, 5.74) is 1.46. The lowest BCUT2D eigenvalue weighted by Gasteiger charge is -2.30. The van der Waals surface area contributed by atoms with E-state index in [0.29, 0.717) is 29.3 Å². The van der Waals surface area contributed by atoms with Gasteiger partial charge in [0.2, 0.25) is 0 Å². The van der Waals surface area contributed by atoms with Gasteiger partial charge in [-0.15, -0.1) is 0 Å². The molecule has 1 amide bonds. The summed E-state index contributed by atoms with van der Waals surface area (Å²) in [6.07, 6.45) is 1.02. The summed E-state index contributed by atoms with van der Waals surface area (Å²) < 4.78 is 10.4. The summed E-state index contributed by atoms with van der Waals surface area (Å²) >= 11 is 6.37. The summed E-state index contributed by atoms with van der Waals surface area (Å²) in [5, 5.41) is 9.44. The van der Waals surface area contributed by atoms with Crippen molar-refractivity contribution in [1.82, 2.24) is 4.90 Å². The second-order valence-electron chi connectivity index (χ2n) is 5.94. The fourth-order valence-electron chi connectivity index (χ4n) is 3.42. The zero-order valence-electron chi connectivity index (χ0n) is 13.5. The zero-order valence-corrected chi connectivity index (χ0v) is 14.2. The van der Waals surface area contributed by atoms with E-state index in [9.17, 15) is 9.59 Å². The van der Waals surface area contributed by atoms with E-state index >= 15 is 0 Å². The number of fused-ring (bicyclic) bond motifs is 1. The number of benzene rings is 1. The first-order chi connectivity index (χ1) is 11.4. The lowest BCUT2D eigenvalue weighted by molar-refractivity contribution is -0.126. The molecule has 6 nitrogen and oxygen atoms in total. The summed E-state index contributed by atoms with van der Waals surface area (Å²) in [4.78, 5) is 25.7. The molecule has 0 radical (unpaired) electrons. The molecule has 7 heteroatoms. The third-order valence-electron chi connectivity index (χ3n) is 4.39. The summed E-state index contributed by atoms with van der Waals surface area (Å²) in [6.45, 7) is 2.44. The summed E-state index contributed by atoms with van der Waals surface area (Å²) in [6, 6.07) is 3.12. The van der Waals surface area contributed by atoms with Gasteiger partial charge < -0.3 is 19.5 Å².